The van der Waals surface area contributed by atoms with Gasteiger partial charge in [-0.1, -0.05) is 18.2 Å². The van der Waals surface area contributed by atoms with E-state index in [-0.39, 0.29) is 5.75 Å². The minimum Gasteiger partial charge on any atom is -0.508 e. The molecule has 0 saturated carbocycles. The van der Waals surface area contributed by atoms with Crippen molar-refractivity contribution in [1.29, 1.82) is 0 Å². The molecular formula is C19H22N2O2. The standard InChI is InChI=1S/C19H22N2O2/c1-13(2)21-11-15(12-23-17-7-4-6-16(22)9-17)19-14(10-20)5-3-8-18(19)21/h3-9,11,13,22H,10,12,20H2,1-2H3. The van der Waals surface area contributed by atoms with Gasteiger partial charge in [-0.3, -0.25) is 0 Å². The van der Waals surface area contributed by atoms with Crippen LogP contribution in [0.25, 0.3) is 10.9 Å². The fraction of sp³-hybridized carbons (Fsp3) is 0.263. The van der Waals surface area contributed by atoms with Crippen LogP contribution in [0.2, 0.25) is 0 Å². The maximum atomic E-state index is 9.54. The van der Waals surface area contributed by atoms with Crippen LogP contribution in [0.5, 0.6) is 11.5 Å². The average Bonchev–Trinajstić information content (AvgIpc) is 2.92. The lowest BCUT2D eigenvalue weighted by molar-refractivity contribution is 0.305. The quantitative estimate of drug-likeness (QED) is 0.749. The molecule has 3 N–H and O–H groups in total. The van der Waals surface area contributed by atoms with Gasteiger partial charge in [-0.2, -0.15) is 0 Å². The topological polar surface area (TPSA) is 60.4 Å². The third-order valence-corrected chi connectivity index (χ3v) is 4.01. The van der Waals surface area contributed by atoms with Crippen molar-refractivity contribution in [1.82, 2.24) is 4.57 Å². The molecular weight excluding hydrogens is 288 g/mol. The zero-order valence-electron chi connectivity index (χ0n) is 13.5. The second-order valence-corrected chi connectivity index (χ2v) is 5.96. The number of hydrogen-bond donors (Lipinski definition) is 2. The number of fused-ring (bicyclic) bond motifs is 1. The second kappa shape index (κ2) is 6.34. The van der Waals surface area contributed by atoms with Crippen molar-refractivity contribution in [2.24, 2.45) is 5.73 Å². The third-order valence-electron chi connectivity index (χ3n) is 4.01. The number of hydrogen-bond acceptors (Lipinski definition) is 3. The van der Waals surface area contributed by atoms with E-state index in [9.17, 15) is 5.11 Å². The molecule has 0 saturated heterocycles. The number of nitrogens with zero attached hydrogens (tertiary/aromatic N) is 1. The Hall–Kier alpha value is -2.46. The monoisotopic (exact) mass is 310 g/mol. The maximum absolute atomic E-state index is 9.54. The molecule has 0 aliphatic heterocycles. The molecule has 0 atom stereocenters. The van der Waals surface area contributed by atoms with Gasteiger partial charge in [0.05, 0.1) is 0 Å². The Morgan fingerprint density at radius 3 is 2.61 bits per heavy atom. The van der Waals surface area contributed by atoms with E-state index in [0.29, 0.717) is 24.9 Å². The summed E-state index contributed by atoms with van der Waals surface area (Å²) in [6, 6.07) is 13.4. The van der Waals surface area contributed by atoms with Gasteiger partial charge in [0, 0.05) is 41.3 Å². The first-order chi connectivity index (χ1) is 11.1. The number of phenols is 1. The molecule has 0 unspecified atom stereocenters. The van der Waals surface area contributed by atoms with Crippen LogP contribution in [0.1, 0.15) is 31.0 Å². The van der Waals surface area contributed by atoms with Gasteiger partial charge in [-0.05, 0) is 37.6 Å². The molecule has 23 heavy (non-hydrogen) atoms. The molecule has 3 rings (SSSR count). The highest BCUT2D eigenvalue weighted by molar-refractivity contribution is 5.87. The van der Waals surface area contributed by atoms with Crippen molar-refractivity contribution in [3.63, 3.8) is 0 Å². The van der Waals surface area contributed by atoms with Gasteiger partial charge in [0.1, 0.15) is 18.1 Å². The number of rotatable bonds is 5. The summed E-state index contributed by atoms with van der Waals surface area (Å²) in [5, 5.41) is 10.7. The van der Waals surface area contributed by atoms with Gasteiger partial charge in [0.2, 0.25) is 0 Å². The number of aromatic nitrogens is 1. The normalized spacial score (nSPS) is 11.3. The highest BCUT2D eigenvalue weighted by atomic mass is 16.5. The number of nitrogens with two attached hydrogens (primary N) is 1. The molecule has 120 valence electrons. The predicted octanol–water partition coefficient (Wildman–Crippen LogP) is 3.97. The van der Waals surface area contributed by atoms with Gasteiger partial charge in [0.25, 0.3) is 0 Å². The summed E-state index contributed by atoms with van der Waals surface area (Å²) in [5.41, 5.74) is 9.32. The van der Waals surface area contributed by atoms with E-state index in [0.717, 1.165) is 11.1 Å². The smallest absolute Gasteiger partial charge is 0.123 e. The molecule has 2 aromatic carbocycles. The van der Waals surface area contributed by atoms with Crippen LogP contribution in [0.3, 0.4) is 0 Å². The van der Waals surface area contributed by atoms with Crippen molar-refractivity contribution < 1.29 is 9.84 Å². The van der Waals surface area contributed by atoms with Crippen molar-refractivity contribution >= 4 is 10.9 Å². The summed E-state index contributed by atoms with van der Waals surface area (Å²) in [6.07, 6.45) is 2.14. The van der Waals surface area contributed by atoms with Crippen LogP contribution < -0.4 is 10.5 Å². The van der Waals surface area contributed by atoms with Crippen LogP contribution in [0.15, 0.2) is 48.7 Å². The van der Waals surface area contributed by atoms with Crippen molar-refractivity contribution in [3.8, 4) is 11.5 Å². The lowest BCUT2D eigenvalue weighted by Gasteiger charge is -2.09. The molecule has 0 bridgehead atoms. The van der Waals surface area contributed by atoms with Crippen LogP contribution in [-0.4, -0.2) is 9.67 Å². The number of benzene rings is 2. The van der Waals surface area contributed by atoms with E-state index in [4.69, 9.17) is 10.5 Å². The Morgan fingerprint density at radius 1 is 1.13 bits per heavy atom. The van der Waals surface area contributed by atoms with E-state index in [1.165, 1.54) is 10.9 Å². The molecule has 0 aliphatic carbocycles. The zero-order chi connectivity index (χ0) is 16.4. The van der Waals surface area contributed by atoms with Gasteiger partial charge in [-0.25, -0.2) is 0 Å². The SMILES string of the molecule is CC(C)n1cc(COc2cccc(O)c2)c2c(CN)cccc21. The zero-order valence-corrected chi connectivity index (χ0v) is 13.5. The molecule has 3 aromatic rings. The third kappa shape index (κ3) is 3.03. The van der Waals surface area contributed by atoms with Gasteiger partial charge >= 0.3 is 0 Å². The Kier molecular flexibility index (Phi) is 4.26. The summed E-state index contributed by atoms with van der Waals surface area (Å²) in [4.78, 5) is 0. The van der Waals surface area contributed by atoms with Crippen LogP contribution in [-0.2, 0) is 13.2 Å². The van der Waals surface area contributed by atoms with Crippen molar-refractivity contribution in [2.75, 3.05) is 0 Å². The highest BCUT2D eigenvalue weighted by Gasteiger charge is 2.14. The fourth-order valence-corrected chi connectivity index (χ4v) is 2.92. The molecule has 4 nitrogen and oxygen atoms in total. The molecule has 4 heteroatoms. The number of aromatic hydroxyl groups is 1. The summed E-state index contributed by atoms with van der Waals surface area (Å²) >= 11 is 0. The first-order valence-corrected chi connectivity index (χ1v) is 7.83. The minimum atomic E-state index is 0.203. The number of ether oxygens (including phenoxy) is 1. The minimum absolute atomic E-state index is 0.203. The molecule has 1 heterocycles. The largest absolute Gasteiger partial charge is 0.508 e. The van der Waals surface area contributed by atoms with E-state index in [1.807, 2.05) is 12.1 Å². The van der Waals surface area contributed by atoms with Gasteiger partial charge < -0.3 is 20.1 Å². The Morgan fingerprint density at radius 2 is 1.91 bits per heavy atom. The maximum Gasteiger partial charge on any atom is 0.123 e. The Labute approximate surface area is 136 Å². The molecule has 0 amide bonds. The summed E-state index contributed by atoms with van der Waals surface area (Å²) in [5.74, 6) is 0.857. The molecule has 0 aliphatic rings. The Balaban J connectivity index is 1.99. The van der Waals surface area contributed by atoms with E-state index in [2.05, 4.69) is 36.7 Å². The first kappa shape index (κ1) is 15.4. The van der Waals surface area contributed by atoms with E-state index >= 15 is 0 Å². The molecule has 0 fully saturated rings. The van der Waals surface area contributed by atoms with Gasteiger partial charge in [-0.15, -0.1) is 0 Å². The summed E-state index contributed by atoms with van der Waals surface area (Å²) in [6.45, 7) is 5.26. The second-order valence-electron chi connectivity index (χ2n) is 5.96. The lowest BCUT2D eigenvalue weighted by atomic mass is 10.1. The lowest BCUT2D eigenvalue weighted by Crippen LogP contribution is -2.00. The molecule has 0 radical (unpaired) electrons. The highest BCUT2D eigenvalue weighted by Crippen LogP contribution is 2.29. The van der Waals surface area contributed by atoms with Crippen LogP contribution in [0, 0.1) is 0 Å². The Bertz CT molecular complexity index is 821. The van der Waals surface area contributed by atoms with E-state index in [1.54, 1.807) is 18.2 Å². The molecule has 1 aromatic heterocycles. The average molecular weight is 310 g/mol. The predicted molar refractivity (Wildman–Crippen MR) is 92.7 cm³/mol. The first-order valence-electron chi connectivity index (χ1n) is 7.83. The summed E-state index contributed by atoms with van der Waals surface area (Å²) in [7, 11) is 0. The fourth-order valence-electron chi connectivity index (χ4n) is 2.92. The van der Waals surface area contributed by atoms with Crippen molar-refractivity contribution in [3.05, 3.63) is 59.8 Å². The summed E-state index contributed by atoms with van der Waals surface area (Å²) < 4.78 is 8.11. The van der Waals surface area contributed by atoms with Crippen molar-refractivity contribution in [2.45, 2.75) is 33.0 Å². The molecule has 0 spiro atoms. The van der Waals surface area contributed by atoms with Gasteiger partial charge in [0.15, 0.2) is 0 Å². The number of phenolic OH excluding ortho intramolecular Hbond substituents is 1. The van der Waals surface area contributed by atoms with E-state index < -0.39 is 0 Å². The van der Waals surface area contributed by atoms with Crippen LogP contribution in [0.4, 0.5) is 0 Å². The van der Waals surface area contributed by atoms with Crippen LogP contribution >= 0.6 is 0 Å².